The van der Waals surface area contributed by atoms with E-state index in [-0.39, 0.29) is 42.2 Å². The molecule has 0 saturated heterocycles. The lowest BCUT2D eigenvalue weighted by Gasteiger charge is -2.15. The van der Waals surface area contributed by atoms with Crippen molar-refractivity contribution in [3.63, 3.8) is 0 Å². The summed E-state index contributed by atoms with van der Waals surface area (Å²) in [5.41, 5.74) is 5.88. The van der Waals surface area contributed by atoms with Gasteiger partial charge < -0.3 is 29.8 Å². The average Bonchev–Trinajstić information content (AvgIpc) is 2.78. The zero-order chi connectivity index (χ0) is 21.5. The van der Waals surface area contributed by atoms with Gasteiger partial charge >= 0.3 is 0 Å². The number of hydrogen-bond donors (Lipinski definition) is 2. The molecule has 3 aromatic rings. The van der Waals surface area contributed by atoms with Crippen LogP contribution in [0.1, 0.15) is 10.5 Å². The van der Waals surface area contributed by atoms with Crippen LogP contribution in [-0.4, -0.2) is 53.4 Å². The van der Waals surface area contributed by atoms with Crippen LogP contribution in [0.4, 0.5) is 0 Å². The third-order valence-electron chi connectivity index (χ3n) is 3.88. The first-order valence-corrected chi connectivity index (χ1v) is 8.84. The highest BCUT2D eigenvalue weighted by Gasteiger charge is 2.23. The van der Waals surface area contributed by atoms with Gasteiger partial charge in [-0.15, -0.1) is 0 Å². The summed E-state index contributed by atoms with van der Waals surface area (Å²) in [5.74, 6) is 0.342. The minimum atomic E-state index is -0.826. The second-order valence-corrected chi connectivity index (χ2v) is 5.81. The molecule has 1 aromatic carbocycles. The topological polar surface area (TPSA) is 139 Å². The lowest BCUT2D eigenvalue weighted by atomic mass is 10.2. The first-order valence-electron chi connectivity index (χ1n) is 8.84. The van der Waals surface area contributed by atoms with E-state index in [1.54, 1.807) is 36.4 Å². The SMILES string of the molecule is COc1ccccc1Oc1c(OC)nc(-c2ccnc(OCCO)c2)nc1C(N)=O. The van der Waals surface area contributed by atoms with Crippen LogP contribution in [-0.2, 0) is 0 Å². The summed E-state index contributed by atoms with van der Waals surface area (Å²) in [6.45, 7) is -0.0735. The highest BCUT2D eigenvalue weighted by Crippen LogP contribution is 2.38. The van der Waals surface area contributed by atoms with E-state index in [2.05, 4.69) is 15.0 Å². The summed E-state index contributed by atoms with van der Waals surface area (Å²) >= 11 is 0. The molecule has 0 unspecified atom stereocenters. The molecule has 0 atom stereocenters. The van der Waals surface area contributed by atoms with Gasteiger partial charge in [0.05, 0.1) is 20.8 Å². The Kier molecular flexibility index (Phi) is 6.60. The highest BCUT2D eigenvalue weighted by atomic mass is 16.5. The number of primary amides is 1. The van der Waals surface area contributed by atoms with Crippen LogP contribution in [0.2, 0.25) is 0 Å². The fraction of sp³-hybridized carbons (Fsp3) is 0.200. The van der Waals surface area contributed by atoms with E-state index in [9.17, 15) is 4.79 Å². The summed E-state index contributed by atoms with van der Waals surface area (Å²) < 4.78 is 21.7. The van der Waals surface area contributed by atoms with Crippen molar-refractivity contribution in [2.75, 3.05) is 27.4 Å². The first-order chi connectivity index (χ1) is 14.6. The molecule has 0 radical (unpaired) electrons. The van der Waals surface area contributed by atoms with Gasteiger partial charge in [0.1, 0.15) is 6.61 Å². The van der Waals surface area contributed by atoms with E-state index in [4.69, 9.17) is 29.8 Å². The van der Waals surface area contributed by atoms with Crippen molar-refractivity contribution in [1.29, 1.82) is 0 Å². The fourth-order valence-electron chi connectivity index (χ4n) is 2.55. The Labute approximate surface area is 172 Å². The minimum absolute atomic E-state index is 0.00865. The van der Waals surface area contributed by atoms with E-state index < -0.39 is 5.91 Å². The zero-order valence-corrected chi connectivity index (χ0v) is 16.4. The smallest absolute Gasteiger partial charge is 0.271 e. The van der Waals surface area contributed by atoms with Gasteiger partial charge in [-0.1, -0.05) is 12.1 Å². The van der Waals surface area contributed by atoms with Crippen molar-refractivity contribution < 1.29 is 28.8 Å². The number of aliphatic hydroxyl groups excluding tert-OH is 1. The van der Waals surface area contributed by atoms with E-state index >= 15 is 0 Å². The lowest BCUT2D eigenvalue weighted by Crippen LogP contribution is -2.16. The number of nitrogens with zero attached hydrogens (tertiary/aromatic N) is 3. The van der Waals surface area contributed by atoms with Crippen molar-refractivity contribution in [1.82, 2.24) is 15.0 Å². The number of para-hydroxylation sites is 2. The van der Waals surface area contributed by atoms with Crippen LogP contribution in [0.15, 0.2) is 42.6 Å². The Morgan fingerprint density at radius 1 is 1.10 bits per heavy atom. The molecule has 0 fully saturated rings. The van der Waals surface area contributed by atoms with Crippen LogP contribution in [0.25, 0.3) is 11.4 Å². The van der Waals surface area contributed by atoms with E-state index in [1.807, 2.05) is 0 Å². The van der Waals surface area contributed by atoms with Crippen molar-refractivity contribution >= 4 is 5.91 Å². The number of benzene rings is 1. The number of aromatic nitrogens is 3. The van der Waals surface area contributed by atoms with Crippen molar-refractivity contribution in [3.8, 4) is 40.4 Å². The molecule has 3 N–H and O–H groups in total. The predicted octanol–water partition coefficient (Wildman–Crippen LogP) is 1.82. The number of ether oxygens (including phenoxy) is 4. The largest absolute Gasteiger partial charge is 0.493 e. The van der Waals surface area contributed by atoms with Crippen molar-refractivity contribution in [3.05, 3.63) is 48.3 Å². The minimum Gasteiger partial charge on any atom is -0.493 e. The number of hydrogen-bond acceptors (Lipinski definition) is 9. The Bertz CT molecular complexity index is 1040. The number of aliphatic hydroxyl groups is 1. The fourth-order valence-corrected chi connectivity index (χ4v) is 2.55. The van der Waals surface area contributed by atoms with Crippen LogP contribution < -0.4 is 24.7 Å². The number of methoxy groups -OCH3 is 2. The van der Waals surface area contributed by atoms with Crippen molar-refractivity contribution in [2.45, 2.75) is 0 Å². The molecule has 2 aromatic heterocycles. The summed E-state index contributed by atoms with van der Waals surface area (Å²) in [4.78, 5) is 24.8. The molecule has 1 amide bonds. The standard InChI is InChI=1S/C20H20N4O6/c1-27-13-5-3-4-6-14(13)30-17-16(18(21)26)23-19(24-20(17)28-2)12-7-8-22-15(11-12)29-10-9-25/h3-8,11,25H,9-10H2,1-2H3,(H2,21,26). The molecule has 2 heterocycles. The van der Waals surface area contributed by atoms with Crippen LogP contribution in [0.5, 0.6) is 29.0 Å². The number of carbonyl (C=O) groups excluding carboxylic acids is 1. The molecule has 30 heavy (non-hydrogen) atoms. The van der Waals surface area contributed by atoms with Gasteiger partial charge in [-0.25, -0.2) is 9.97 Å². The number of pyridine rings is 1. The summed E-state index contributed by atoms with van der Waals surface area (Å²) in [7, 11) is 2.88. The Morgan fingerprint density at radius 2 is 1.87 bits per heavy atom. The van der Waals surface area contributed by atoms with Gasteiger partial charge in [-0.2, -0.15) is 4.98 Å². The first kappa shape index (κ1) is 20.8. The maximum Gasteiger partial charge on any atom is 0.271 e. The quantitative estimate of drug-likeness (QED) is 0.538. The molecule has 0 saturated carbocycles. The molecular weight excluding hydrogens is 392 g/mol. The molecule has 0 aliphatic carbocycles. The molecule has 3 rings (SSSR count). The normalized spacial score (nSPS) is 10.4. The Balaban J connectivity index is 2.07. The molecular formula is C20H20N4O6. The molecule has 156 valence electrons. The van der Waals surface area contributed by atoms with E-state index in [1.165, 1.54) is 20.4 Å². The van der Waals surface area contributed by atoms with E-state index in [0.717, 1.165) is 0 Å². The van der Waals surface area contributed by atoms with Crippen LogP contribution >= 0.6 is 0 Å². The van der Waals surface area contributed by atoms with Gasteiger partial charge in [0, 0.05) is 17.8 Å². The van der Waals surface area contributed by atoms with Gasteiger partial charge in [-0.05, 0) is 18.2 Å². The lowest BCUT2D eigenvalue weighted by molar-refractivity contribution is 0.0992. The zero-order valence-electron chi connectivity index (χ0n) is 16.4. The molecule has 0 spiro atoms. The summed E-state index contributed by atoms with van der Waals surface area (Å²) in [5, 5.41) is 8.90. The number of nitrogens with two attached hydrogens (primary N) is 1. The second kappa shape index (κ2) is 9.52. The van der Waals surface area contributed by atoms with Gasteiger partial charge in [0.25, 0.3) is 11.8 Å². The maximum atomic E-state index is 12.1. The summed E-state index contributed by atoms with van der Waals surface area (Å²) in [6, 6.07) is 10.1. The van der Waals surface area contributed by atoms with E-state index in [0.29, 0.717) is 17.1 Å². The Morgan fingerprint density at radius 3 is 2.53 bits per heavy atom. The van der Waals surface area contributed by atoms with Gasteiger partial charge in [0.2, 0.25) is 11.6 Å². The molecule has 0 bridgehead atoms. The van der Waals surface area contributed by atoms with Crippen LogP contribution in [0.3, 0.4) is 0 Å². The third kappa shape index (κ3) is 4.55. The van der Waals surface area contributed by atoms with Crippen LogP contribution in [0, 0.1) is 0 Å². The Hall–Kier alpha value is -3.92. The van der Waals surface area contributed by atoms with Crippen molar-refractivity contribution in [2.24, 2.45) is 5.73 Å². The predicted molar refractivity (Wildman–Crippen MR) is 106 cm³/mol. The second-order valence-electron chi connectivity index (χ2n) is 5.81. The monoisotopic (exact) mass is 412 g/mol. The highest BCUT2D eigenvalue weighted by molar-refractivity contribution is 5.95. The average molecular weight is 412 g/mol. The molecule has 10 nitrogen and oxygen atoms in total. The summed E-state index contributed by atoms with van der Waals surface area (Å²) in [6.07, 6.45) is 1.49. The molecule has 0 aliphatic rings. The molecule has 10 heteroatoms. The molecule has 0 aliphatic heterocycles. The number of carbonyl (C=O) groups is 1. The third-order valence-corrected chi connectivity index (χ3v) is 3.88. The van der Waals surface area contributed by atoms with Gasteiger partial charge in [0.15, 0.2) is 23.0 Å². The van der Waals surface area contributed by atoms with Gasteiger partial charge in [-0.3, -0.25) is 4.79 Å². The maximum absolute atomic E-state index is 12.1. The number of amides is 1. The number of rotatable bonds is 9.